The number of hydrogen-bond donors (Lipinski definition) is 1. The Bertz CT molecular complexity index is 855. The maximum atomic E-state index is 12.6. The van der Waals surface area contributed by atoms with Gasteiger partial charge in [-0.05, 0) is 36.1 Å². The number of amides is 2. The highest BCUT2D eigenvalue weighted by molar-refractivity contribution is 6.01. The molecule has 0 bridgehead atoms. The molecule has 3 rings (SSSR count). The second kappa shape index (κ2) is 7.43. The number of hydrogen-bond acceptors (Lipinski definition) is 3. The van der Waals surface area contributed by atoms with Crippen molar-refractivity contribution in [3.05, 3.63) is 54.1 Å². The van der Waals surface area contributed by atoms with E-state index >= 15 is 0 Å². The van der Waals surface area contributed by atoms with Gasteiger partial charge in [0.25, 0.3) is 5.91 Å². The van der Waals surface area contributed by atoms with Crippen LogP contribution in [0.15, 0.2) is 48.5 Å². The van der Waals surface area contributed by atoms with Crippen LogP contribution < -0.4 is 15.0 Å². The van der Waals surface area contributed by atoms with Gasteiger partial charge in [-0.25, -0.2) is 0 Å². The van der Waals surface area contributed by atoms with E-state index in [-0.39, 0.29) is 23.7 Å². The standard InChI is InChI=1S/C22H26N2O3/c1-15-21(26)24(18-11-7-8-12-19(18)27-15)14-13-20(25)23-17-10-6-5-9-16(17)22(2,3)4/h5-12,15H,13-14H2,1-4H3,(H,23,25). The zero-order valence-electron chi connectivity index (χ0n) is 16.3. The summed E-state index contributed by atoms with van der Waals surface area (Å²) in [7, 11) is 0. The minimum Gasteiger partial charge on any atom is -0.479 e. The molecule has 1 aliphatic heterocycles. The molecule has 0 saturated heterocycles. The van der Waals surface area contributed by atoms with Crippen LogP contribution in [0.5, 0.6) is 5.75 Å². The maximum absolute atomic E-state index is 12.6. The fourth-order valence-electron chi connectivity index (χ4n) is 3.26. The molecule has 1 heterocycles. The van der Waals surface area contributed by atoms with E-state index in [0.717, 1.165) is 11.3 Å². The highest BCUT2D eigenvalue weighted by Gasteiger charge is 2.31. The molecule has 0 spiro atoms. The van der Waals surface area contributed by atoms with Crippen LogP contribution >= 0.6 is 0 Å². The number of ether oxygens (including phenoxy) is 1. The molecule has 5 heteroatoms. The third-order valence-electron chi connectivity index (χ3n) is 4.65. The van der Waals surface area contributed by atoms with Gasteiger partial charge in [0.1, 0.15) is 5.75 Å². The Morgan fingerprint density at radius 2 is 1.78 bits per heavy atom. The molecular formula is C22H26N2O3. The Morgan fingerprint density at radius 3 is 2.52 bits per heavy atom. The summed E-state index contributed by atoms with van der Waals surface area (Å²) in [6, 6.07) is 15.2. The van der Waals surface area contributed by atoms with Crippen LogP contribution in [0.4, 0.5) is 11.4 Å². The summed E-state index contributed by atoms with van der Waals surface area (Å²) < 4.78 is 5.64. The highest BCUT2D eigenvalue weighted by atomic mass is 16.5. The van der Waals surface area contributed by atoms with Crippen molar-refractivity contribution in [2.75, 3.05) is 16.8 Å². The molecule has 2 amide bonds. The first-order valence-electron chi connectivity index (χ1n) is 9.24. The van der Waals surface area contributed by atoms with Crippen LogP contribution in [0.1, 0.15) is 39.7 Å². The largest absolute Gasteiger partial charge is 0.479 e. The van der Waals surface area contributed by atoms with E-state index in [1.54, 1.807) is 11.8 Å². The molecular weight excluding hydrogens is 340 g/mol. The lowest BCUT2D eigenvalue weighted by Gasteiger charge is -2.32. The Labute approximate surface area is 160 Å². The third kappa shape index (κ3) is 4.13. The number of benzene rings is 2. The van der Waals surface area contributed by atoms with Gasteiger partial charge in [-0.15, -0.1) is 0 Å². The van der Waals surface area contributed by atoms with Gasteiger partial charge in [0.15, 0.2) is 6.10 Å². The number of anilines is 2. The van der Waals surface area contributed by atoms with Gasteiger partial charge in [0.2, 0.25) is 5.91 Å². The van der Waals surface area contributed by atoms with Crippen molar-refractivity contribution in [1.82, 2.24) is 0 Å². The van der Waals surface area contributed by atoms with Crippen LogP contribution in [0.25, 0.3) is 0 Å². The van der Waals surface area contributed by atoms with Gasteiger partial charge in [-0.1, -0.05) is 51.1 Å². The van der Waals surface area contributed by atoms with E-state index in [2.05, 4.69) is 26.1 Å². The molecule has 2 aromatic rings. The molecule has 27 heavy (non-hydrogen) atoms. The molecule has 0 aromatic heterocycles. The van der Waals surface area contributed by atoms with E-state index in [9.17, 15) is 9.59 Å². The minimum atomic E-state index is -0.551. The number of nitrogens with zero attached hydrogens (tertiary/aromatic N) is 1. The molecule has 142 valence electrons. The van der Waals surface area contributed by atoms with E-state index in [1.165, 1.54) is 0 Å². The number of para-hydroxylation sites is 3. The van der Waals surface area contributed by atoms with Gasteiger partial charge in [0.05, 0.1) is 5.69 Å². The molecule has 1 unspecified atom stereocenters. The SMILES string of the molecule is CC1Oc2ccccc2N(CCC(=O)Nc2ccccc2C(C)(C)C)C1=O. The van der Waals surface area contributed by atoms with Gasteiger partial charge in [-0.3, -0.25) is 9.59 Å². The predicted octanol–water partition coefficient (Wildman–Crippen LogP) is 4.13. The Kier molecular flexibility index (Phi) is 5.22. The molecule has 0 fully saturated rings. The number of rotatable bonds is 4. The zero-order chi connectivity index (χ0) is 19.6. The van der Waals surface area contributed by atoms with E-state index in [0.29, 0.717) is 18.0 Å². The van der Waals surface area contributed by atoms with Crippen molar-refractivity contribution < 1.29 is 14.3 Å². The molecule has 2 aromatic carbocycles. The van der Waals surface area contributed by atoms with Crippen molar-refractivity contribution >= 4 is 23.2 Å². The maximum Gasteiger partial charge on any atom is 0.267 e. The van der Waals surface area contributed by atoms with E-state index in [4.69, 9.17) is 4.74 Å². The lowest BCUT2D eigenvalue weighted by molar-refractivity contribution is -0.125. The lowest BCUT2D eigenvalue weighted by Crippen LogP contribution is -2.45. The Hall–Kier alpha value is -2.82. The van der Waals surface area contributed by atoms with Crippen LogP contribution in [-0.4, -0.2) is 24.5 Å². The monoisotopic (exact) mass is 366 g/mol. The first-order chi connectivity index (χ1) is 12.8. The second-order valence-corrected chi connectivity index (χ2v) is 7.81. The zero-order valence-corrected chi connectivity index (χ0v) is 16.3. The predicted molar refractivity (Wildman–Crippen MR) is 107 cm³/mol. The van der Waals surface area contributed by atoms with Crippen molar-refractivity contribution in [1.29, 1.82) is 0 Å². The number of carbonyl (C=O) groups excluding carboxylic acids is 2. The molecule has 1 atom stereocenters. The quantitative estimate of drug-likeness (QED) is 0.885. The topological polar surface area (TPSA) is 58.6 Å². The summed E-state index contributed by atoms with van der Waals surface area (Å²) in [5.74, 6) is 0.427. The minimum absolute atomic E-state index is 0.0710. The summed E-state index contributed by atoms with van der Waals surface area (Å²) in [5, 5.41) is 3.00. The smallest absolute Gasteiger partial charge is 0.267 e. The summed E-state index contributed by atoms with van der Waals surface area (Å²) in [4.78, 5) is 26.7. The van der Waals surface area contributed by atoms with Gasteiger partial charge >= 0.3 is 0 Å². The van der Waals surface area contributed by atoms with Crippen LogP contribution in [0, 0.1) is 0 Å². The van der Waals surface area contributed by atoms with Crippen LogP contribution in [0.2, 0.25) is 0 Å². The number of fused-ring (bicyclic) bond motifs is 1. The van der Waals surface area contributed by atoms with Crippen molar-refractivity contribution in [3.8, 4) is 5.75 Å². The van der Waals surface area contributed by atoms with Crippen molar-refractivity contribution in [3.63, 3.8) is 0 Å². The molecule has 0 radical (unpaired) electrons. The summed E-state index contributed by atoms with van der Waals surface area (Å²) in [5.41, 5.74) is 2.54. The average Bonchev–Trinajstić information content (AvgIpc) is 2.61. The number of carbonyl (C=O) groups is 2. The normalized spacial score (nSPS) is 16.5. The lowest BCUT2D eigenvalue weighted by atomic mass is 9.86. The molecule has 0 saturated carbocycles. The van der Waals surface area contributed by atoms with Crippen LogP contribution in [0.3, 0.4) is 0 Å². The van der Waals surface area contributed by atoms with E-state index < -0.39 is 6.10 Å². The van der Waals surface area contributed by atoms with Crippen LogP contribution in [-0.2, 0) is 15.0 Å². The van der Waals surface area contributed by atoms with E-state index in [1.807, 2.05) is 48.5 Å². The Morgan fingerprint density at radius 1 is 1.11 bits per heavy atom. The Balaban J connectivity index is 1.71. The highest BCUT2D eigenvalue weighted by Crippen LogP contribution is 2.34. The second-order valence-electron chi connectivity index (χ2n) is 7.81. The average molecular weight is 366 g/mol. The van der Waals surface area contributed by atoms with Crippen molar-refractivity contribution in [2.24, 2.45) is 0 Å². The number of nitrogens with one attached hydrogen (secondary N) is 1. The van der Waals surface area contributed by atoms with Gasteiger partial charge in [0, 0.05) is 18.7 Å². The fourth-order valence-corrected chi connectivity index (χ4v) is 3.26. The van der Waals surface area contributed by atoms with Crippen molar-refractivity contribution in [2.45, 2.75) is 45.6 Å². The summed E-state index contributed by atoms with van der Waals surface area (Å²) in [6.07, 6.45) is -0.338. The van der Waals surface area contributed by atoms with Gasteiger partial charge < -0.3 is 15.0 Å². The molecule has 0 aliphatic carbocycles. The first kappa shape index (κ1) is 19.0. The molecule has 1 N–H and O–H groups in total. The molecule has 1 aliphatic rings. The fraction of sp³-hybridized carbons (Fsp3) is 0.364. The van der Waals surface area contributed by atoms with Gasteiger partial charge in [-0.2, -0.15) is 0 Å². The third-order valence-corrected chi connectivity index (χ3v) is 4.65. The summed E-state index contributed by atoms with van der Waals surface area (Å²) >= 11 is 0. The first-order valence-corrected chi connectivity index (χ1v) is 9.24. The summed E-state index contributed by atoms with van der Waals surface area (Å²) in [6.45, 7) is 8.38. The molecule has 5 nitrogen and oxygen atoms in total.